The average Bonchev–Trinajstić information content (AvgIpc) is 2.60. The summed E-state index contributed by atoms with van der Waals surface area (Å²) in [5.41, 5.74) is -1.13. The Morgan fingerprint density at radius 2 is 1.88 bits per heavy atom. The first-order chi connectivity index (χ1) is 11.8. The van der Waals surface area contributed by atoms with Crippen LogP contribution in [0.4, 0.5) is 30.2 Å². The van der Waals surface area contributed by atoms with Gasteiger partial charge in [0.2, 0.25) is 0 Å². The fourth-order valence-electron chi connectivity index (χ4n) is 1.97. The lowest BCUT2D eigenvalue weighted by Gasteiger charge is -2.12. The molecule has 0 aliphatic rings. The highest BCUT2D eigenvalue weighted by Gasteiger charge is 2.20. The van der Waals surface area contributed by atoms with Gasteiger partial charge in [0.1, 0.15) is 0 Å². The van der Waals surface area contributed by atoms with Gasteiger partial charge >= 0.3 is 5.97 Å². The summed E-state index contributed by atoms with van der Waals surface area (Å²) in [6, 6.07) is 4.79. The highest BCUT2D eigenvalue weighted by Crippen LogP contribution is 2.29. The van der Waals surface area contributed by atoms with Crippen molar-refractivity contribution in [2.45, 2.75) is 13.3 Å². The second kappa shape index (κ2) is 7.65. The number of nitrogens with one attached hydrogen (secondary N) is 1. The average molecular weight is 354 g/mol. The molecule has 25 heavy (non-hydrogen) atoms. The Morgan fingerprint density at radius 1 is 1.16 bits per heavy atom. The minimum Gasteiger partial charge on any atom is -0.462 e. The van der Waals surface area contributed by atoms with Gasteiger partial charge in [-0.1, -0.05) is 6.92 Å². The van der Waals surface area contributed by atoms with E-state index in [1.54, 1.807) is 6.92 Å². The summed E-state index contributed by atoms with van der Waals surface area (Å²) in [4.78, 5) is 22.2. The molecule has 9 heteroatoms. The maximum Gasteiger partial charge on any atom is 0.340 e. The van der Waals surface area contributed by atoms with Crippen LogP contribution in [0.15, 0.2) is 30.3 Å². The van der Waals surface area contributed by atoms with E-state index in [1.165, 1.54) is 0 Å². The SMILES string of the molecule is CCCOC(=O)c1ccc([N+](=O)[O-])cc1Nc1ccc(F)c(F)c1F. The molecule has 0 saturated carbocycles. The standard InChI is InChI=1S/C16H13F3N2O4/c1-2-7-25-16(22)10-4-3-9(21(23)24)8-13(10)20-12-6-5-11(17)14(18)15(12)19/h3-6,8,20H,2,7H2,1H3. The molecule has 0 aliphatic heterocycles. The highest BCUT2D eigenvalue weighted by molar-refractivity contribution is 5.97. The summed E-state index contributed by atoms with van der Waals surface area (Å²) in [5, 5.41) is 13.3. The van der Waals surface area contributed by atoms with E-state index in [9.17, 15) is 28.1 Å². The number of halogens is 3. The number of anilines is 2. The second-order valence-corrected chi connectivity index (χ2v) is 4.97. The van der Waals surface area contributed by atoms with Crippen LogP contribution in [0.2, 0.25) is 0 Å². The van der Waals surface area contributed by atoms with Gasteiger partial charge in [-0.15, -0.1) is 0 Å². The van der Waals surface area contributed by atoms with Crippen LogP contribution in [0.1, 0.15) is 23.7 Å². The third kappa shape index (κ3) is 4.06. The van der Waals surface area contributed by atoms with E-state index >= 15 is 0 Å². The summed E-state index contributed by atoms with van der Waals surface area (Å²) < 4.78 is 45.1. The monoisotopic (exact) mass is 354 g/mol. The predicted octanol–water partition coefficient (Wildman–Crippen LogP) is 4.32. The van der Waals surface area contributed by atoms with Crippen LogP contribution >= 0.6 is 0 Å². The quantitative estimate of drug-likeness (QED) is 0.362. The van der Waals surface area contributed by atoms with Gasteiger partial charge in [0.25, 0.3) is 5.69 Å². The molecular weight excluding hydrogens is 341 g/mol. The summed E-state index contributed by atoms with van der Waals surface area (Å²) in [6.45, 7) is 1.90. The van der Waals surface area contributed by atoms with Crippen molar-refractivity contribution < 1.29 is 27.6 Å². The van der Waals surface area contributed by atoms with E-state index < -0.39 is 34.0 Å². The molecule has 1 N–H and O–H groups in total. The lowest BCUT2D eigenvalue weighted by molar-refractivity contribution is -0.384. The number of ether oxygens (including phenoxy) is 1. The van der Waals surface area contributed by atoms with Crippen LogP contribution in [0.25, 0.3) is 0 Å². The Morgan fingerprint density at radius 3 is 2.52 bits per heavy atom. The highest BCUT2D eigenvalue weighted by atomic mass is 19.2. The maximum absolute atomic E-state index is 13.8. The zero-order valence-electron chi connectivity index (χ0n) is 13.0. The third-order valence-electron chi connectivity index (χ3n) is 3.18. The van der Waals surface area contributed by atoms with Crippen molar-refractivity contribution in [3.05, 3.63) is 63.5 Å². The van der Waals surface area contributed by atoms with E-state index in [0.29, 0.717) is 12.5 Å². The van der Waals surface area contributed by atoms with Crippen LogP contribution in [-0.4, -0.2) is 17.5 Å². The number of rotatable bonds is 6. The second-order valence-electron chi connectivity index (χ2n) is 4.97. The summed E-state index contributed by atoms with van der Waals surface area (Å²) >= 11 is 0. The predicted molar refractivity (Wildman–Crippen MR) is 83.3 cm³/mol. The number of carbonyl (C=O) groups excluding carboxylic acids is 1. The molecule has 132 valence electrons. The lowest BCUT2D eigenvalue weighted by atomic mass is 10.1. The summed E-state index contributed by atoms with van der Waals surface area (Å²) in [5.74, 6) is -5.39. The van der Waals surface area contributed by atoms with Crippen LogP contribution < -0.4 is 5.32 Å². The third-order valence-corrected chi connectivity index (χ3v) is 3.18. The van der Waals surface area contributed by atoms with E-state index in [2.05, 4.69) is 5.32 Å². The molecule has 0 amide bonds. The first-order valence-electron chi connectivity index (χ1n) is 7.21. The van der Waals surface area contributed by atoms with Crippen molar-refractivity contribution in [2.24, 2.45) is 0 Å². The number of hydrogen-bond donors (Lipinski definition) is 1. The van der Waals surface area contributed by atoms with Gasteiger partial charge in [-0.25, -0.2) is 18.0 Å². The molecule has 0 aliphatic carbocycles. The Balaban J connectivity index is 2.46. The normalized spacial score (nSPS) is 10.4. The number of esters is 1. The molecular formula is C16H13F3N2O4. The number of nitro groups is 1. The van der Waals surface area contributed by atoms with E-state index in [1.807, 2.05) is 0 Å². The first kappa shape index (κ1) is 18.2. The minimum absolute atomic E-state index is 0.108. The van der Waals surface area contributed by atoms with Gasteiger partial charge in [0, 0.05) is 12.1 Å². The molecule has 0 radical (unpaired) electrons. The molecule has 0 bridgehead atoms. The molecule has 2 aromatic carbocycles. The number of nitrogens with zero attached hydrogens (tertiary/aromatic N) is 1. The molecule has 0 atom stereocenters. The smallest absolute Gasteiger partial charge is 0.340 e. The van der Waals surface area contributed by atoms with Gasteiger partial charge in [0.15, 0.2) is 17.5 Å². The van der Waals surface area contributed by atoms with Crippen molar-refractivity contribution in [3.8, 4) is 0 Å². The first-order valence-corrected chi connectivity index (χ1v) is 7.21. The van der Waals surface area contributed by atoms with Crippen LogP contribution in [0.3, 0.4) is 0 Å². The maximum atomic E-state index is 13.8. The van der Waals surface area contributed by atoms with E-state index in [-0.39, 0.29) is 23.5 Å². The molecule has 6 nitrogen and oxygen atoms in total. The lowest BCUT2D eigenvalue weighted by Crippen LogP contribution is -2.10. The number of hydrogen-bond acceptors (Lipinski definition) is 5. The molecule has 0 spiro atoms. The van der Waals surface area contributed by atoms with Gasteiger partial charge in [-0.2, -0.15) is 0 Å². The van der Waals surface area contributed by atoms with Crippen molar-refractivity contribution >= 4 is 23.0 Å². The van der Waals surface area contributed by atoms with Gasteiger partial charge < -0.3 is 10.1 Å². The number of carbonyl (C=O) groups is 1. The van der Waals surface area contributed by atoms with Crippen molar-refractivity contribution in [3.63, 3.8) is 0 Å². The zero-order valence-corrected chi connectivity index (χ0v) is 13.0. The molecule has 2 aromatic rings. The molecule has 0 heterocycles. The van der Waals surface area contributed by atoms with Crippen molar-refractivity contribution in [2.75, 3.05) is 11.9 Å². The van der Waals surface area contributed by atoms with Crippen LogP contribution in [0.5, 0.6) is 0 Å². The van der Waals surface area contributed by atoms with Crippen molar-refractivity contribution in [1.29, 1.82) is 0 Å². The fraction of sp³-hybridized carbons (Fsp3) is 0.188. The molecule has 0 fully saturated rings. The van der Waals surface area contributed by atoms with Gasteiger partial charge in [-0.05, 0) is 24.6 Å². The molecule has 0 aromatic heterocycles. The number of non-ortho nitro benzene ring substituents is 1. The largest absolute Gasteiger partial charge is 0.462 e. The molecule has 2 rings (SSSR count). The zero-order chi connectivity index (χ0) is 18.6. The Kier molecular flexibility index (Phi) is 5.58. The van der Waals surface area contributed by atoms with E-state index in [0.717, 1.165) is 24.3 Å². The van der Waals surface area contributed by atoms with Crippen molar-refractivity contribution in [1.82, 2.24) is 0 Å². The topological polar surface area (TPSA) is 81.5 Å². The Bertz CT molecular complexity index is 827. The van der Waals surface area contributed by atoms with E-state index in [4.69, 9.17) is 4.74 Å². The summed E-state index contributed by atoms with van der Waals surface area (Å²) in [7, 11) is 0. The van der Waals surface area contributed by atoms with Gasteiger partial charge in [0.05, 0.1) is 28.5 Å². The summed E-state index contributed by atoms with van der Waals surface area (Å²) in [6.07, 6.45) is 0.555. The number of benzene rings is 2. The number of nitro benzene ring substituents is 1. The van der Waals surface area contributed by atoms with Gasteiger partial charge in [-0.3, -0.25) is 10.1 Å². The molecule has 0 unspecified atom stereocenters. The Hall–Kier alpha value is -3.10. The molecule has 0 saturated heterocycles. The minimum atomic E-state index is -1.70. The fourth-order valence-corrected chi connectivity index (χ4v) is 1.97. The Labute approximate surface area is 140 Å². The van der Waals surface area contributed by atoms with Crippen LogP contribution in [-0.2, 0) is 4.74 Å². The van der Waals surface area contributed by atoms with Crippen LogP contribution in [0, 0.1) is 27.6 Å².